The highest BCUT2D eigenvalue weighted by Gasteiger charge is 2.18. The second-order valence-corrected chi connectivity index (χ2v) is 3.82. The Bertz CT molecular complexity index is 487. The normalized spacial score (nSPS) is 10.3. The highest BCUT2D eigenvalue weighted by Crippen LogP contribution is 2.23. The minimum Gasteiger partial charge on any atom is -0.820 e. The van der Waals surface area contributed by atoms with Crippen LogP contribution in [0.4, 0.5) is 0 Å². The van der Waals surface area contributed by atoms with Gasteiger partial charge in [-0.25, -0.2) is 0 Å². The Balaban J connectivity index is 2.60. The fraction of sp³-hybridized carbons (Fsp3) is 0.111. The summed E-state index contributed by atoms with van der Waals surface area (Å²) in [6.07, 6.45) is 0. The number of halogens is 1. The second kappa shape index (κ2) is 4.04. The lowest BCUT2D eigenvalue weighted by molar-refractivity contribution is -0.696. The second-order valence-electron chi connectivity index (χ2n) is 2.77. The number of benzene rings is 1. The molecule has 0 N–H and O–H groups in total. The molecule has 2 rings (SSSR count). The van der Waals surface area contributed by atoms with Gasteiger partial charge in [0.2, 0.25) is 0 Å². The summed E-state index contributed by atoms with van der Waals surface area (Å²) < 4.78 is 10.3. The summed E-state index contributed by atoms with van der Waals surface area (Å²) >= 11 is 6.94. The fourth-order valence-electron chi connectivity index (χ4n) is 1.20. The van der Waals surface area contributed by atoms with Crippen LogP contribution >= 0.6 is 23.1 Å². The van der Waals surface area contributed by atoms with Crippen LogP contribution in [-0.4, -0.2) is 11.6 Å². The molecule has 0 bridgehead atoms. The molecule has 0 fully saturated rings. The summed E-state index contributed by atoms with van der Waals surface area (Å²) in [5.74, 6) is 0.368. The van der Waals surface area contributed by atoms with E-state index in [-0.39, 0.29) is 5.88 Å². The fourth-order valence-corrected chi connectivity index (χ4v) is 1.86. The summed E-state index contributed by atoms with van der Waals surface area (Å²) in [5.41, 5.74) is 0.552. The molecule has 0 spiro atoms. The minimum atomic E-state index is -0.194. The van der Waals surface area contributed by atoms with Crippen LogP contribution < -0.4 is 14.5 Å². The van der Waals surface area contributed by atoms with E-state index in [2.05, 4.69) is 4.49 Å². The Hall–Kier alpha value is -1.33. The zero-order valence-corrected chi connectivity index (χ0v) is 9.38. The van der Waals surface area contributed by atoms with Crippen LogP contribution in [0.25, 0.3) is 5.69 Å². The van der Waals surface area contributed by atoms with Gasteiger partial charge < -0.3 is 9.84 Å². The number of aromatic nitrogens is 2. The smallest absolute Gasteiger partial charge is 0.281 e. The van der Waals surface area contributed by atoms with Gasteiger partial charge in [-0.1, -0.05) is 11.6 Å². The summed E-state index contributed by atoms with van der Waals surface area (Å²) in [6.45, 7) is 0. The third kappa shape index (κ3) is 1.88. The molecule has 15 heavy (non-hydrogen) atoms. The summed E-state index contributed by atoms with van der Waals surface area (Å²) in [6, 6.07) is 5.03. The molecule has 0 unspecified atom stereocenters. The maximum absolute atomic E-state index is 11.4. The van der Waals surface area contributed by atoms with E-state index in [1.807, 2.05) is 0 Å². The molecule has 6 heteroatoms. The number of methoxy groups -OCH3 is 1. The predicted molar refractivity (Wildman–Crippen MR) is 54.7 cm³/mol. The average molecular weight is 243 g/mol. The third-order valence-corrected chi connectivity index (χ3v) is 2.66. The van der Waals surface area contributed by atoms with Crippen molar-refractivity contribution >= 4 is 23.1 Å². The van der Waals surface area contributed by atoms with Crippen LogP contribution in [0.15, 0.2) is 23.6 Å². The van der Waals surface area contributed by atoms with Crippen molar-refractivity contribution < 1.29 is 14.5 Å². The maximum atomic E-state index is 11.4. The van der Waals surface area contributed by atoms with Gasteiger partial charge in [0.15, 0.2) is 11.6 Å². The van der Waals surface area contributed by atoms with E-state index in [1.165, 1.54) is 17.2 Å². The van der Waals surface area contributed by atoms with Crippen molar-refractivity contribution in [1.82, 2.24) is 4.49 Å². The lowest BCUT2D eigenvalue weighted by Crippen LogP contribution is -2.35. The first-order valence-electron chi connectivity index (χ1n) is 4.10. The molecular formula is C9H7ClN2O2S. The topological polar surface area (TPSA) is 49.1 Å². The average Bonchev–Trinajstić information content (AvgIpc) is 2.64. The standard InChI is InChI=1S/C9H7ClN2O2S/c1-14-8-3-2-6(10)4-7(8)12-9(13)5-15-11-12/h2-5H,1H3. The van der Waals surface area contributed by atoms with Crippen LogP contribution in [-0.2, 0) is 0 Å². The molecule has 0 saturated heterocycles. The molecule has 0 aliphatic rings. The highest BCUT2D eigenvalue weighted by molar-refractivity contribution is 7.03. The molecular weight excluding hydrogens is 236 g/mol. The summed E-state index contributed by atoms with van der Waals surface area (Å²) in [7, 11) is 1.53. The van der Waals surface area contributed by atoms with Gasteiger partial charge in [-0.15, -0.1) is 0 Å². The first kappa shape index (κ1) is 10.2. The Morgan fingerprint density at radius 2 is 2.33 bits per heavy atom. The number of hydrogen-bond donors (Lipinski definition) is 0. The molecule has 0 atom stereocenters. The Morgan fingerprint density at radius 3 is 2.93 bits per heavy atom. The van der Waals surface area contributed by atoms with Gasteiger partial charge in [0, 0.05) is 22.6 Å². The molecule has 78 valence electrons. The molecule has 1 aromatic heterocycles. The van der Waals surface area contributed by atoms with Gasteiger partial charge in [-0.05, 0) is 16.8 Å². The largest absolute Gasteiger partial charge is 0.820 e. The Kier molecular flexibility index (Phi) is 2.75. The molecule has 0 radical (unpaired) electrons. The van der Waals surface area contributed by atoms with Crippen molar-refractivity contribution in [2.45, 2.75) is 0 Å². The quantitative estimate of drug-likeness (QED) is 0.743. The molecule has 4 nitrogen and oxygen atoms in total. The van der Waals surface area contributed by atoms with Crippen molar-refractivity contribution in [3.05, 3.63) is 28.6 Å². The van der Waals surface area contributed by atoms with Gasteiger partial charge in [0.05, 0.1) is 17.0 Å². The molecule has 1 aromatic carbocycles. The van der Waals surface area contributed by atoms with E-state index in [4.69, 9.17) is 16.3 Å². The van der Waals surface area contributed by atoms with Gasteiger partial charge in [0.1, 0.15) is 0 Å². The number of hydrogen-bond acceptors (Lipinski definition) is 4. The van der Waals surface area contributed by atoms with Crippen LogP contribution in [0.2, 0.25) is 5.02 Å². The summed E-state index contributed by atoms with van der Waals surface area (Å²) in [4.78, 5) is 0. The molecule has 0 saturated carbocycles. The van der Waals surface area contributed by atoms with Crippen molar-refractivity contribution in [2.75, 3.05) is 7.11 Å². The number of nitrogens with zero attached hydrogens (tertiary/aromatic N) is 2. The van der Waals surface area contributed by atoms with Gasteiger partial charge in [0.25, 0.3) is 5.69 Å². The van der Waals surface area contributed by atoms with Crippen LogP contribution in [0.5, 0.6) is 11.6 Å². The minimum absolute atomic E-state index is 0.194. The monoisotopic (exact) mass is 242 g/mol. The molecule has 1 heterocycles. The Labute approximate surface area is 95.5 Å². The SMILES string of the molecule is COc1ccc(Cl)cc1-[n+]1nscc1[O-]. The van der Waals surface area contributed by atoms with Crippen molar-refractivity contribution in [1.29, 1.82) is 0 Å². The van der Waals surface area contributed by atoms with Gasteiger partial charge in [-0.2, -0.15) is 0 Å². The number of rotatable bonds is 2. The van der Waals surface area contributed by atoms with Crippen molar-refractivity contribution in [3.63, 3.8) is 0 Å². The van der Waals surface area contributed by atoms with Crippen LogP contribution in [0.1, 0.15) is 0 Å². The predicted octanol–water partition coefficient (Wildman–Crippen LogP) is 1.16. The molecule has 2 aromatic rings. The molecule has 0 amide bonds. The van der Waals surface area contributed by atoms with Crippen molar-refractivity contribution in [2.24, 2.45) is 0 Å². The summed E-state index contributed by atoms with van der Waals surface area (Å²) in [5, 5.41) is 13.4. The van der Waals surface area contributed by atoms with Crippen LogP contribution in [0, 0.1) is 0 Å². The van der Waals surface area contributed by atoms with Gasteiger partial charge >= 0.3 is 0 Å². The number of ether oxygens (including phenoxy) is 1. The lowest BCUT2D eigenvalue weighted by Gasteiger charge is -2.03. The first-order valence-corrected chi connectivity index (χ1v) is 5.31. The first-order chi connectivity index (χ1) is 7.22. The van der Waals surface area contributed by atoms with E-state index < -0.39 is 0 Å². The van der Waals surface area contributed by atoms with Crippen molar-refractivity contribution in [3.8, 4) is 17.3 Å². The van der Waals surface area contributed by atoms with Crippen LogP contribution in [0.3, 0.4) is 0 Å². The van der Waals surface area contributed by atoms with E-state index in [0.717, 1.165) is 11.5 Å². The van der Waals surface area contributed by atoms with E-state index >= 15 is 0 Å². The zero-order valence-electron chi connectivity index (χ0n) is 7.81. The maximum Gasteiger partial charge on any atom is 0.281 e. The molecule has 0 aliphatic carbocycles. The Morgan fingerprint density at radius 1 is 1.53 bits per heavy atom. The van der Waals surface area contributed by atoms with E-state index in [9.17, 15) is 5.11 Å². The van der Waals surface area contributed by atoms with E-state index in [1.54, 1.807) is 18.2 Å². The lowest BCUT2D eigenvalue weighted by atomic mass is 10.3. The highest BCUT2D eigenvalue weighted by atomic mass is 35.5. The van der Waals surface area contributed by atoms with Gasteiger partial charge in [-0.3, -0.25) is 0 Å². The zero-order chi connectivity index (χ0) is 10.8. The van der Waals surface area contributed by atoms with E-state index in [0.29, 0.717) is 16.5 Å². The molecule has 0 aliphatic heterocycles. The third-order valence-electron chi connectivity index (χ3n) is 1.86.